The molecule has 8 atom stereocenters. The van der Waals surface area contributed by atoms with E-state index in [1.165, 1.54) is 18.2 Å². The summed E-state index contributed by atoms with van der Waals surface area (Å²) < 4.78 is 30.4. The highest BCUT2D eigenvalue weighted by molar-refractivity contribution is 5.86. The molecule has 4 aliphatic carbocycles. The molecule has 0 amide bonds. The molecule has 1 aromatic carbocycles. The summed E-state index contributed by atoms with van der Waals surface area (Å²) in [5, 5.41) is 23.0. The van der Waals surface area contributed by atoms with Gasteiger partial charge >= 0.3 is 0 Å². The zero-order chi connectivity index (χ0) is 25.2. The van der Waals surface area contributed by atoms with E-state index in [4.69, 9.17) is 0 Å². The number of carbonyl (C=O) groups excluding carboxylic acids is 1. The topological polar surface area (TPSA) is 73.1 Å². The Hall–Kier alpha value is -2.00. The zero-order valence-electron chi connectivity index (χ0n) is 21.2. The molecule has 6 heteroatoms. The number of hydrogen-bond donors (Lipinski definition) is 2. The summed E-state index contributed by atoms with van der Waals surface area (Å²) >= 11 is 0. The van der Waals surface area contributed by atoms with Crippen LogP contribution in [0.3, 0.4) is 0 Å². The van der Waals surface area contributed by atoms with Crippen molar-refractivity contribution in [2.24, 2.45) is 34.5 Å². The number of nitriles is 1. The smallest absolute Gasteiger partial charge is 0.155 e. The summed E-state index contributed by atoms with van der Waals surface area (Å²) in [5.41, 5.74) is -1.88. The van der Waals surface area contributed by atoms with Crippen molar-refractivity contribution in [3.8, 4) is 6.07 Å². The Morgan fingerprint density at radius 3 is 2.60 bits per heavy atom. The summed E-state index contributed by atoms with van der Waals surface area (Å²) in [5.74, 6) is 0.0760. The first-order valence-corrected chi connectivity index (χ1v) is 13.3. The number of ketones is 1. The van der Waals surface area contributed by atoms with Crippen LogP contribution in [0.4, 0.5) is 14.5 Å². The lowest BCUT2D eigenvalue weighted by atomic mass is 9.42. The lowest BCUT2D eigenvalue weighted by molar-refractivity contribution is -0.211. The molecule has 2 N–H and O–H groups in total. The second-order valence-corrected chi connectivity index (χ2v) is 12.7. The maximum atomic E-state index is 16.9. The maximum absolute atomic E-state index is 16.9. The third-order valence-electron chi connectivity index (χ3n) is 11.0. The standard InChI is InChI=1S/C29H38F2N2O2/c1-26(35)10-13-29(31)19(15-26)4-6-22-21-7-8-23(27(21,2)11-12-28(22,29)3)25(34)17-33-24-9-5-20(30)14-18(24)16-32/h5,9,14,19,21-23,33,35H,4,6-8,10-13,15,17H2,1-3H3/t19-,21+,22+,23-,26-,27+,28+,29-/m0/s1. The van der Waals surface area contributed by atoms with E-state index in [1.54, 1.807) is 0 Å². The Labute approximate surface area is 207 Å². The van der Waals surface area contributed by atoms with Gasteiger partial charge in [0.05, 0.1) is 23.4 Å². The van der Waals surface area contributed by atoms with Gasteiger partial charge in [-0.25, -0.2) is 8.78 Å². The van der Waals surface area contributed by atoms with E-state index in [0.29, 0.717) is 30.9 Å². The first-order valence-electron chi connectivity index (χ1n) is 13.3. The van der Waals surface area contributed by atoms with Crippen LogP contribution < -0.4 is 5.32 Å². The Morgan fingerprint density at radius 1 is 1.11 bits per heavy atom. The molecule has 0 radical (unpaired) electrons. The number of carbonyl (C=O) groups is 1. The minimum Gasteiger partial charge on any atom is -0.390 e. The van der Waals surface area contributed by atoms with E-state index in [9.17, 15) is 19.6 Å². The molecule has 4 saturated carbocycles. The van der Waals surface area contributed by atoms with Gasteiger partial charge in [-0.1, -0.05) is 13.8 Å². The molecule has 0 bridgehead atoms. The number of hydrogen-bond acceptors (Lipinski definition) is 4. The molecule has 5 rings (SSSR count). The molecule has 0 saturated heterocycles. The van der Waals surface area contributed by atoms with E-state index in [-0.39, 0.29) is 41.1 Å². The van der Waals surface area contributed by atoms with Gasteiger partial charge in [0.15, 0.2) is 5.78 Å². The number of Topliss-reactive ketones (excluding diaryl/α,β-unsaturated/α-hetero) is 1. The lowest BCUT2D eigenvalue weighted by Crippen LogP contribution is -2.64. The number of alkyl halides is 1. The quantitative estimate of drug-likeness (QED) is 0.535. The summed E-state index contributed by atoms with van der Waals surface area (Å²) in [6.45, 7) is 6.37. The number of benzene rings is 1. The Kier molecular flexibility index (Phi) is 5.83. The molecule has 0 aromatic heterocycles. The summed E-state index contributed by atoms with van der Waals surface area (Å²) in [6.07, 6.45) is 6.70. The molecule has 35 heavy (non-hydrogen) atoms. The average molecular weight is 485 g/mol. The van der Waals surface area contributed by atoms with Crippen molar-refractivity contribution < 1.29 is 18.7 Å². The highest BCUT2D eigenvalue weighted by Crippen LogP contribution is 2.71. The van der Waals surface area contributed by atoms with Crippen molar-refractivity contribution in [3.63, 3.8) is 0 Å². The van der Waals surface area contributed by atoms with Crippen molar-refractivity contribution in [2.75, 3.05) is 11.9 Å². The lowest BCUT2D eigenvalue weighted by Gasteiger charge is -2.64. The summed E-state index contributed by atoms with van der Waals surface area (Å²) in [7, 11) is 0. The fourth-order valence-corrected chi connectivity index (χ4v) is 8.99. The molecule has 0 spiro atoms. The summed E-state index contributed by atoms with van der Waals surface area (Å²) in [4.78, 5) is 13.4. The van der Waals surface area contributed by atoms with Gasteiger partial charge < -0.3 is 10.4 Å². The third kappa shape index (κ3) is 3.72. The van der Waals surface area contributed by atoms with Crippen molar-refractivity contribution in [3.05, 3.63) is 29.6 Å². The second-order valence-electron chi connectivity index (χ2n) is 12.7. The van der Waals surface area contributed by atoms with Gasteiger partial charge in [0, 0.05) is 11.3 Å². The number of rotatable bonds is 4. The van der Waals surface area contributed by atoms with Crippen LogP contribution in [0.15, 0.2) is 18.2 Å². The van der Waals surface area contributed by atoms with E-state index in [2.05, 4.69) is 19.2 Å². The zero-order valence-corrected chi connectivity index (χ0v) is 21.2. The van der Waals surface area contributed by atoms with Crippen LogP contribution in [0.1, 0.15) is 84.1 Å². The fraction of sp³-hybridized carbons (Fsp3) is 0.724. The van der Waals surface area contributed by atoms with Gasteiger partial charge in [-0.05, 0) is 106 Å². The van der Waals surface area contributed by atoms with Gasteiger partial charge in [0.1, 0.15) is 17.6 Å². The Bertz CT molecular complexity index is 1070. The Morgan fingerprint density at radius 2 is 1.86 bits per heavy atom. The summed E-state index contributed by atoms with van der Waals surface area (Å²) in [6, 6.07) is 5.96. The number of anilines is 1. The van der Waals surface area contributed by atoms with Crippen LogP contribution in [-0.4, -0.2) is 28.7 Å². The van der Waals surface area contributed by atoms with Crippen LogP contribution in [0.2, 0.25) is 0 Å². The SMILES string of the molecule is C[C@]1(O)CC[C@]2(F)[C@@H](CC[C@@H]3[C@H]4CC[C@@H](C(=O)CNc5ccc(F)cc5C#N)[C@]4(C)CC[C@]32C)C1. The highest BCUT2D eigenvalue weighted by atomic mass is 19.1. The Balaban J connectivity index is 1.33. The largest absolute Gasteiger partial charge is 0.390 e. The number of aliphatic hydroxyl groups is 1. The van der Waals surface area contributed by atoms with E-state index in [1.807, 2.05) is 13.0 Å². The van der Waals surface area contributed by atoms with Crippen LogP contribution in [0.5, 0.6) is 0 Å². The first kappa shape index (κ1) is 24.7. The fourth-order valence-electron chi connectivity index (χ4n) is 8.99. The van der Waals surface area contributed by atoms with Gasteiger partial charge in [-0.3, -0.25) is 4.79 Å². The van der Waals surface area contributed by atoms with E-state index in [0.717, 1.165) is 38.5 Å². The molecule has 4 aliphatic rings. The van der Waals surface area contributed by atoms with Crippen molar-refractivity contribution >= 4 is 11.5 Å². The average Bonchev–Trinajstić information content (AvgIpc) is 3.16. The number of halogens is 2. The van der Waals surface area contributed by atoms with Gasteiger partial charge in [-0.2, -0.15) is 5.26 Å². The van der Waals surface area contributed by atoms with Crippen LogP contribution >= 0.6 is 0 Å². The van der Waals surface area contributed by atoms with Gasteiger partial charge in [0.25, 0.3) is 0 Å². The highest BCUT2D eigenvalue weighted by Gasteiger charge is 2.68. The molecule has 1 aromatic rings. The number of fused-ring (bicyclic) bond motifs is 5. The van der Waals surface area contributed by atoms with E-state index >= 15 is 4.39 Å². The van der Waals surface area contributed by atoms with Crippen molar-refractivity contribution in [1.82, 2.24) is 0 Å². The minimum absolute atomic E-state index is 0.0788. The predicted octanol–water partition coefficient (Wildman–Crippen LogP) is 6.18. The maximum Gasteiger partial charge on any atom is 0.155 e. The number of nitrogens with one attached hydrogen (secondary N) is 1. The van der Waals surface area contributed by atoms with Gasteiger partial charge in [0.2, 0.25) is 0 Å². The number of nitrogens with zero attached hydrogens (tertiary/aromatic N) is 1. The molecule has 0 aliphatic heterocycles. The third-order valence-corrected chi connectivity index (χ3v) is 11.0. The van der Waals surface area contributed by atoms with Crippen LogP contribution in [0.25, 0.3) is 0 Å². The van der Waals surface area contributed by atoms with Crippen molar-refractivity contribution in [2.45, 2.75) is 89.8 Å². The molecular formula is C29H38F2N2O2. The molecular weight excluding hydrogens is 446 g/mol. The van der Waals surface area contributed by atoms with E-state index < -0.39 is 22.5 Å². The second kappa shape index (κ2) is 8.26. The molecule has 4 fully saturated rings. The normalized spacial score (nSPS) is 44.5. The molecule has 0 unspecified atom stereocenters. The first-order chi connectivity index (χ1) is 16.4. The molecule has 190 valence electrons. The van der Waals surface area contributed by atoms with Crippen LogP contribution in [-0.2, 0) is 4.79 Å². The van der Waals surface area contributed by atoms with Crippen LogP contribution in [0, 0.1) is 51.6 Å². The molecule has 0 heterocycles. The monoisotopic (exact) mass is 484 g/mol. The molecule has 4 nitrogen and oxygen atoms in total. The van der Waals surface area contributed by atoms with Gasteiger partial charge in [-0.15, -0.1) is 0 Å². The predicted molar refractivity (Wildman–Crippen MR) is 131 cm³/mol. The minimum atomic E-state index is -1.24. The van der Waals surface area contributed by atoms with Crippen molar-refractivity contribution in [1.29, 1.82) is 5.26 Å².